The zero-order valence-corrected chi connectivity index (χ0v) is 3.64. The fraction of sp³-hybridized carbons (Fsp3) is 0. The molecule has 0 aliphatic heterocycles. The number of thiol groups is 1. The summed E-state index contributed by atoms with van der Waals surface area (Å²) in [6, 6.07) is 0. The lowest BCUT2D eigenvalue weighted by molar-refractivity contribution is 0.490. The maximum Gasteiger partial charge on any atom is 0.307 e. The van der Waals surface area contributed by atoms with Gasteiger partial charge in [0.05, 0.1) is 0 Å². The van der Waals surface area contributed by atoms with Crippen molar-refractivity contribution in [2.45, 2.75) is 0 Å². The molecule has 0 radical (unpaired) electrons. The lowest BCUT2D eigenvalue weighted by Gasteiger charge is -1.69. The van der Waals surface area contributed by atoms with Gasteiger partial charge in [0.1, 0.15) is 6.11 Å². The summed E-state index contributed by atoms with van der Waals surface area (Å²) < 4.78 is 22.1. The zero-order valence-electron chi connectivity index (χ0n) is 2.75. The second kappa shape index (κ2) is 2.54. The summed E-state index contributed by atoms with van der Waals surface area (Å²) in [7, 11) is -2.84. The van der Waals surface area contributed by atoms with Crippen LogP contribution in [0, 0.1) is 12.5 Å². The summed E-state index contributed by atoms with van der Waals surface area (Å²) in [5.41, 5.74) is 0. The molecule has 0 fully saturated rings. The van der Waals surface area contributed by atoms with Gasteiger partial charge >= 0.3 is 11.0 Å². The van der Waals surface area contributed by atoms with Crippen LogP contribution in [0.15, 0.2) is 0 Å². The van der Waals surface area contributed by atoms with Gasteiger partial charge in [0.25, 0.3) is 0 Å². The van der Waals surface area contributed by atoms with Gasteiger partial charge in [-0.25, -0.2) is 0 Å². The molecule has 0 bridgehead atoms. The molecule has 6 heavy (non-hydrogen) atoms. The Balaban J connectivity index is 3.41. The van der Waals surface area contributed by atoms with Crippen molar-refractivity contribution in [1.82, 2.24) is 0 Å². The summed E-state index contributed by atoms with van der Waals surface area (Å²) >= 11 is 0. The Hall–Kier alpha value is -0.690. The molecule has 0 amide bonds. The minimum atomic E-state index is -2.84. The molecule has 0 heterocycles. The van der Waals surface area contributed by atoms with Gasteiger partial charge in [0.15, 0.2) is 0 Å². The van der Waals surface area contributed by atoms with Crippen LogP contribution >= 0.6 is 0 Å². The van der Waals surface area contributed by atoms with Gasteiger partial charge in [-0.1, -0.05) is 6.42 Å². The summed E-state index contributed by atoms with van der Waals surface area (Å²) in [5, 5.41) is 0. The summed E-state index contributed by atoms with van der Waals surface area (Å²) in [6.07, 6.45) is 5.84. The van der Waals surface area contributed by atoms with Crippen LogP contribution in [0.2, 0.25) is 0 Å². The predicted molar refractivity (Wildman–Crippen MR) is 20.2 cm³/mol. The molecular weight excluding hydrogens is 104 g/mol. The lowest BCUT2D eigenvalue weighted by atomic mass is 11.3. The van der Waals surface area contributed by atoms with E-state index in [2.05, 4.69) is 10.6 Å². The van der Waals surface area contributed by atoms with E-state index in [4.69, 9.17) is 0 Å². The molecule has 0 aromatic carbocycles. The quantitative estimate of drug-likeness (QED) is 0.348. The van der Waals surface area contributed by atoms with Crippen molar-refractivity contribution in [3.8, 4) is 12.5 Å². The molecule has 0 saturated heterocycles. The van der Waals surface area contributed by atoms with Crippen LogP contribution in [0.3, 0.4) is 0 Å². The van der Waals surface area contributed by atoms with Crippen molar-refractivity contribution in [3.63, 3.8) is 0 Å². The number of rotatable bonds is 1. The highest BCUT2D eigenvalue weighted by molar-refractivity contribution is 7.67. The van der Waals surface area contributed by atoms with Crippen LogP contribution in [0.25, 0.3) is 0 Å². The summed E-state index contributed by atoms with van der Waals surface area (Å²) in [5.74, 6) is 0. The molecule has 0 aromatic rings. The third-order valence-electron chi connectivity index (χ3n) is 0.127. The van der Waals surface area contributed by atoms with Crippen molar-refractivity contribution in [2.75, 3.05) is 0 Å². The highest BCUT2D eigenvalue weighted by atomic mass is 32.2. The molecule has 0 unspecified atom stereocenters. The first-order valence-corrected chi connectivity index (χ1v) is 2.14. The summed E-state index contributed by atoms with van der Waals surface area (Å²) in [4.78, 5) is 0. The van der Waals surface area contributed by atoms with Crippen molar-refractivity contribution >= 4 is 11.0 Å². The Morgan fingerprint density at radius 3 is 2.17 bits per heavy atom. The molecule has 0 aliphatic carbocycles. The Labute approximate surface area is 37.1 Å². The van der Waals surface area contributed by atoms with Gasteiger partial charge in [-0.2, -0.15) is 8.42 Å². The van der Waals surface area contributed by atoms with Gasteiger partial charge in [0, 0.05) is 0 Å². The van der Waals surface area contributed by atoms with Crippen LogP contribution in [-0.2, 0) is 15.2 Å². The molecular formula is C2H2O3S. The first kappa shape index (κ1) is 5.31. The average Bonchev–Trinajstić information content (AvgIpc) is 1.35. The largest absolute Gasteiger partial charge is 0.330 e. The van der Waals surface area contributed by atoms with Gasteiger partial charge in [0.2, 0.25) is 0 Å². The highest BCUT2D eigenvalue weighted by Gasteiger charge is 1.66. The van der Waals surface area contributed by atoms with E-state index in [0.29, 0.717) is 0 Å². The lowest BCUT2D eigenvalue weighted by Crippen LogP contribution is -1.72. The van der Waals surface area contributed by atoms with E-state index >= 15 is 0 Å². The molecule has 0 aliphatic rings. The first-order chi connectivity index (χ1) is 2.77. The van der Waals surface area contributed by atoms with Crippen molar-refractivity contribution in [3.05, 3.63) is 0 Å². The average molecular weight is 106 g/mol. The molecule has 3 nitrogen and oxygen atoms in total. The van der Waals surface area contributed by atoms with E-state index in [1.165, 1.54) is 6.11 Å². The Morgan fingerprint density at radius 2 is 2.17 bits per heavy atom. The monoisotopic (exact) mass is 106 g/mol. The molecule has 0 atom stereocenters. The Bertz CT molecular complexity index is 120. The van der Waals surface area contributed by atoms with Crippen molar-refractivity contribution in [2.24, 2.45) is 0 Å². The molecule has 0 saturated carbocycles. The van der Waals surface area contributed by atoms with Crippen LogP contribution < -0.4 is 0 Å². The van der Waals surface area contributed by atoms with Gasteiger partial charge in [-0.15, -0.1) is 0 Å². The van der Waals surface area contributed by atoms with Gasteiger partial charge in [-0.05, 0) is 0 Å². The predicted octanol–water partition coefficient (Wildman–Crippen LogP) is -0.880. The van der Waals surface area contributed by atoms with Gasteiger partial charge in [-0.3, -0.25) is 0 Å². The third-order valence-corrected chi connectivity index (χ3v) is 0.382. The van der Waals surface area contributed by atoms with E-state index in [1.807, 2.05) is 0 Å². The van der Waals surface area contributed by atoms with Crippen LogP contribution in [-0.4, -0.2) is 8.42 Å². The smallest absolute Gasteiger partial charge is 0.307 e. The zero-order chi connectivity index (χ0) is 4.99. The maximum absolute atomic E-state index is 9.27. The molecule has 0 N–H and O–H groups in total. The minimum absolute atomic E-state index is 1.47. The third kappa shape index (κ3) is 3.31. The Morgan fingerprint density at radius 1 is 1.67 bits per heavy atom. The minimum Gasteiger partial charge on any atom is -0.330 e. The van der Waals surface area contributed by atoms with E-state index in [9.17, 15) is 8.42 Å². The van der Waals surface area contributed by atoms with E-state index in [-0.39, 0.29) is 0 Å². The second-order valence-electron chi connectivity index (χ2n) is 0.433. The van der Waals surface area contributed by atoms with Crippen molar-refractivity contribution < 1.29 is 12.6 Å². The van der Waals surface area contributed by atoms with Crippen LogP contribution in [0.1, 0.15) is 0 Å². The topological polar surface area (TPSA) is 43.4 Å². The normalized spacial score (nSPS) is 7.33. The van der Waals surface area contributed by atoms with Crippen molar-refractivity contribution in [1.29, 1.82) is 0 Å². The van der Waals surface area contributed by atoms with E-state index in [1.54, 1.807) is 0 Å². The van der Waals surface area contributed by atoms with E-state index in [0.717, 1.165) is 0 Å². The number of hydrogen-bond acceptors (Lipinski definition) is 3. The molecule has 34 valence electrons. The van der Waals surface area contributed by atoms with Crippen LogP contribution in [0.5, 0.6) is 0 Å². The molecule has 4 heteroatoms. The van der Waals surface area contributed by atoms with E-state index < -0.39 is 11.0 Å². The SMILES string of the molecule is C#CO[SH](=O)=O. The Kier molecular flexibility index (Phi) is 2.25. The molecule has 0 spiro atoms. The highest BCUT2D eigenvalue weighted by Crippen LogP contribution is 1.59. The molecule has 0 aromatic heterocycles. The first-order valence-electron chi connectivity index (χ1n) is 1.04. The summed E-state index contributed by atoms with van der Waals surface area (Å²) in [6.45, 7) is 0. The number of hydrogen-bond donors (Lipinski definition) is 1. The van der Waals surface area contributed by atoms with Gasteiger partial charge < -0.3 is 4.18 Å². The standard InChI is InChI=1S/C2H2O3S/c1-2-5-6(3)4/h1,6H. The van der Waals surface area contributed by atoms with Crippen LogP contribution in [0.4, 0.5) is 0 Å². The number of terminal acetylenes is 1. The fourth-order valence-electron chi connectivity index (χ4n) is 0.0430. The molecule has 0 rings (SSSR count). The fourth-order valence-corrected chi connectivity index (χ4v) is 0.129. The second-order valence-corrected chi connectivity index (χ2v) is 1.06. The maximum atomic E-state index is 9.27.